The number of hydrogen-bond acceptors (Lipinski definition) is 2. The van der Waals surface area contributed by atoms with Crippen LogP contribution < -0.4 is 3.96 Å². The van der Waals surface area contributed by atoms with E-state index in [9.17, 15) is 0 Å². The fourth-order valence-electron chi connectivity index (χ4n) is 0.552. The first kappa shape index (κ1) is 5.69. The standard InChI is InChI=1S/C5H9N2S/c1-2-4-7-5-3-6-8-7/h3,5H,2,4H2,1H3/q+1. The lowest BCUT2D eigenvalue weighted by molar-refractivity contribution is -0.629. The first-order valence-electron chi connectivity index (χ1n) is 2.74. The molecule has 0 saturated heterocycles. The van der Waals surface area contributed by atoms with E-state index in [0.717, 1.165) is 6.54 Å². The summed E-state index contributed by atoms with van der Waals surface area (Å²) < 4.78 is 6.06. The minimum absolute atomic E-state index is 1.10. The molecule has 1 rings (SSSR count). The van der Waals surface area contributed by atoms with Gasteiger partial charge in [0.05, 0.1) is 0 Å². The van der Waals surface area contributed by atoms with E-state index >= 15 is 0 Å². The highest BCUT2D eigenvalue weighted by atomic mass is 32.1. The predicted molar refractivity (Wildman–Crippen MR) is 32.6 cm³/mol. The normalized spacial score (nSPS) is 9.62. The Morgan fingerprint density at radius 3 is 3.12 bits per heavy atom. The van der Waals surface area contributed by atoms with Gasteiger partial charge in [-0.2, -0.15) is 3.96 Å². The monoisotopic (exact) mass is 129 g/mol. The van der Waals surface area contributed by atoms with Crippen LogP contribution in [0, 0.1) is 0 Å². The van der Waals surface area contributed by atoms with Gasteiger partial charge in [0, 0.05) is 4.37 Å². The van der Waals surface area contributed by atoms with Crippen LogP contribution >= 0.6 is 11.7 Å². The Balaban J connectivity index is 2.50. The molecule has 1 aromatic heterocycles. The Morgan fingerprint density at radius 1 is 1.75 bits per heavy atom. The summed E-state index contributed by atoms with van der Waals surface area (Å²) >= 11 is 1.51. The van der Waals surface area contributed by atoms with Crippen molar-refractivity contribution in [1.82, 2.24) is 4.37 Å². The summed E-state index contributed by atoms with van der Waals surface area (Å²) in [7, 11) is 0. The smallest absolute Gasteiger partial charge is 0.176 e. The van der Waals surface area contributed by atoms with Gasteiger partial charge in [0.25, 0.3) is 11.7 Å². The van der Waals surface area contributed by atoms with Crippen LogP contribution in [-0.2, 0) is 6.54 Å². The van der Waals surface area contributed by atoms with Crippen molar-refractivity contribution in [3.63, 3.8) is 0 Å². The number of rotatable bonds is 2. The van der Waals surface area contributed by atoms with Crippen molar-refractivity contribution < 1.29 is 3.96 Å². The molecule has 0 aromatic carbocycles. The zero-order chi connectivity index (χ0) is 5.82. The third kappa shape index (κ3) is 1.26. The summed E-state index contributed by atoms with van der Waals surface area (Å²) in [5.41, 5.74) is 0. The summed E-state index contributed by atoms with van der Waals surface area (Å²) in [5.74, 6) is 0. The maximum absolute atomic E-state index is 3.95. The van der Waals surface area contributed by atoms with Crippen LogP contribution in [0.3, 0.4) is 0 Å². The molecule has 0 amide bonds. The fourth-order valence-corrected chi connectivity index (χ4v) is 1.16. The first-order valence-corrected chi connectivity index (χ1v) is 3.47. The highest BCUT2D eigenvalue weighted by Gasteiger charge is 1.94. The van der Waals surface area contributed by atoms with Crippen LogP contribution in [0.15, 0.2) is 12.4 Å². The molecule has 0 atom stereocenters. The third-order valence-electron chi connectivity index (χ3n) is 0.890. The molecule has 0 aliphatic rings. The molecule has 0 N–H and O–H groups in total. The molecule has 0 spiro atoms. The molecule has 0 unspecified atom stereocenters. The molecule has 2 nitrogen and oxygen atoms in total. The van der Waals surface area contributed by atoms with Gasteiger partial charge in [-0.05, 0) is 6.42 Å². The van der Waals surface area contributed by atoms with E-state index in [2.05, 4.69) is 15.3 Å². The Kier molecular flexibility index (Phi) is 1.97. The van der Waals surface area contributed by atoms with Crippen LogP contribution in [0.25, 0.3) is 0 Å². The summed E-state index contributed by atoms with van der Waals surface area (Å²) in [6.07, 6.45) is 5.00. The lowest BCUT2D eigenvalue weighted by atomic mass is 10.5. The van der Waals surface area contributed by atoms with Gasteiger partial charge in [0.15, 0.2) is 6.20 Å². The molecule has 8 heavy (non-hydrogen) atoms. The second-order valence-electron chi connectivity index (χ2n) is 1.63. The summed E-state index contributed by atoms with van der Waals surface area (Å²) in [4.78, 5) is 0. The second kappa shape index (κ2) is 2.77. The van der Waals surface area contributed by atoms with Crippen molar-refractivity contribution in [2.75, 3.05) is 0 Å². The van der Waals surface area contributed by atoms with Crippen molar-refractivity contribution >= 4 is 11.7 Å². The third-order valence-corrected chi connectivity index (χ3v) is 1.62. The van der Waals surface area contributed by atoms with E-state index in [1.165, 1.54) is 18.1 Å². The van der Waals surface area contributed by atoms with Gasteiger partial charge in [0.2, 0.25) is 0 Å². The van der Waals surface area contributed by atoms with Crippen molar-refractivity contribution in [3.05, 3.63) is 12.4 Å². The molecular weight excluding hydrogens is 120 g/mol. The molecule has 3 heteroatoms. The van der Waals surface area contributed by atoms with Crippen LogP contribution in [0.1, 0.15) is 13.3 Å². The SMILES string of the molecule is CCC[n+]1ccns1. The van der Waals surface area contributed by atoms with Crippen molar-refractivity contribution in [3.8, 4) is 0 Å². The van der Waals surface area contributed by atoms with Crippen LogP contribution in [0.2, 0.25) is 0 Å². The van der Waals surface area contributed by atoms with Gasteiger partial charge >= 0.3 is 0 Å². The van der Waals surface area contributed by atoms with Crippen molar-refractivity contribution in [1.29, 1.82) is 0 Å². The maximum atomic E-state index is 3.95. The minimum Gasteiger partial charge on any atom is -0.176 e. The number of nitrogens with zero attached hydrogens (tertiary/aromatic N) is 2. The maximum Gasteiger partial charge on any atom is 0.276 e. The zero-order valence-electron chi connectivity index (χ0n) is 4.87. The molecule has 1 aromatic rings. The lowest BCUT2D eigenvalue weighted by Crippen LogP contribution is -2.26. The molecule has 0 aliphatic carbocycles. The van der Waals surface area contributed by atoms with Crippen LogP contribution in [-0.4, -0.2) is 4.37 Å². The highest BCUT2D eigenvalue weighted by molar-refractivity contribution is 6.94. The largest absolute Gasteiger partial charge is 0.276 e. The number of aryl methyl sites for hydroxylation is 1. The number of hydrogen-bond donors (Lipinski definition) is 0. The quantitative estimate of drug-likeness (QED) is 0.541. The lowest BCUT2D eigenvalue weighted by Gasteiger charge is -1.82. The minimum atomic E-state index is 1.10. The zero-order valence-corrected chi connectivity index (χ0v) is 5.69. The number of aromatic nitrogens is 2. The Morgan fingerprint density at radius 2 is 2.62 bits per heavy atom. The van der Waals surface area contributed by atoms with E-state index in [-0.39, 0.29) is 0 Å². The van der Waals surface area contributed by atoms with Crippen molar-refractivity contribution in [2.24, 2.45) is 0 Å². The Hall–Kier alpha value is -0.440. The summed E-state index contributed by atoms with van der Waals surface area (Å²) in [5, 5.41) is 0. The average Bonchev–Trinajstić information content (AvgIpc) is 2.19. The van der Waals surface area contributed by atoms with Gasteiger partial charge in [-0.15, -0.1) is 0 Å². The second-order valence-corrected chi connectivity index (χ2v) is 2.47. The van der Waals surface area contributed by atoms with Crippen molar-refractivity contribution in [2.45, 2.75) is 19.9 Å². The van der Waals surface area contributed by atoms with Crippen LogP contribution in [0.4, 0.5) is 0 Å². The van der Waals surface area contributed by atoms with E-state index in [4.69, 9.17) is 0 Å². The molecule has 1 heterocycles. The molecule has 0 aliphatic heterocycles. The van der Waals surface area contributed by atoms with E-state index in [1.807, 2.05) is 12.4 Å². The Labute approximate surface area is 53.1 Å². The first-order chi connectivity index (χ1) is 3.93. The molecule has 0 bridgehead atoms. The van der Waals surface area contributed by atoms with Gasteiger partial charge in [-0.3, -0.25) is 0 Å². The topological polar surface area (TPSA) is 16.8 Å². The summed E-state index contributed by atoms with van der Waals surface area (Å²) in [6.45, 7) is 3.26. The Bertz CT molecular complexity index is 136. The molecule has 44 valence electrons. The van der Waals surface area contributed by atoms with E-state index < -0.39 is 0 Å². The fraction of sp³-hybridized carbons (Fsp3) is 0.600. The van der Waals surface area contributed by atoms with Gasteiger partial charge in [0.1, 0.15) is 12.7 Å². The molecule has 0 saturated carbocycles. The average molecular weight is 129 g/mol. The van der Waals surface area contributed by atoms with E-state index in [0.29, 0.717) is 0 Å². The summed E-state index contributed by atoms with van der Waals surface area (Å²) in [6, 6.07) is 0. The highest BCUT2D eigenvalue weighted by Crippen LogP contribution is 1.80. The van der Waals surface area contributed by atoms with Gasteiger partial charge in [-0.25, -0.2) is 0 Å². The van der Waals surface area contributed by atoms with E-state index in [1.54, 1.807) is 0 Å². The molecule has 0 radical (unpaired) electrons. The van der Waals surface area contributed by atoms with Crippen LogP contribution in [0.5, 0.6) is 0 Å². The molecular formula is C5H9N2S+. The van der Waals surface area contributed by atoms with Gasteiger partial charge < -0.3 is 0 Å². The molecule has 0 fully saturated rings. The predicted octanol–water partition coefficient (Wildman–Crippen LogP) is 0.841. The van der Waals surface area contributed by atoms with Gasteiger partial charge in [-0.1, -0.05) is 6.92 Å².